The minimum Gasteiger partial charge on any atom is -0.303 e. The van der Waals surface area contributed by atoms with E-state index in [2.05, 4.69) is 18.7 Å². The smallest absolute Gasteiger partial charge is 0.119 e. The van der Waals surface area contributed by atoms with Gasteiger partial charge in [-0.25, -0.2) is 0 Å². The Morgan fingerprint density at radius 1 is 0.800 bits per heavy atom. The average Bonchev–Trinajstić information content (AvgIpc) is 2.26. The molecule has 0 aromatic carbocycles. The minimum atomic E-state index is 0.728. The molecule has 0 aliphatic heterocycles. The molecule has 0 saturated carbocycles. The second kappa shape index (κ2) is 12.9. The first-order valence-corrected chi connectivity index (χ1v) is 5.79. The van der Waals surface area contributed by atoms with Crippen LogP contribution in [-0.2, 0) is 4.79 Å². The van der Waals surface area contributed by atoms with Gasteiger partial charge in [-0.1, -0.05) is 56.2 Å². The Labute approximate surface area is 93.6 Å². The second-order valence-electron chi connectivity index (χ2n) is 3.56. The fourth-order valence-corrected chi connectivity index (χ4v) is 1.34. The van der Waals surface area contributed by atoms with Gasteiger partial charge in [0.2, 0.25) is 0 Å². The first-order valence-electron chi connectivity index (χ1n) is 5.79. The van der Waals surface area contributed by atoms with Crippen molar-refractivity contribution in [1.29, 1.82) is 0 Å². The maximum Gasteiger partial charge on any atom is 0.119 e. The van der Waals surface area contributed by atoms with Crippen molar-refractivity contribution in [3.8, 4) is 0 Å². The van der Waals surface area contributed by atoms with E-state index < -0.39 is 0 Å². The fourth-order valence-electron chi connectivity index (χ4n) is 1.34. The van der Waals surface area contributed by atoms with Crippen LogP contribution in [-0.4, -0.2) is 6.29 Å². The molecule has 0 N–H and O–H groups in total. The molecule has 0 amide bonds. The van der Waals surface area contributed by atoms with Gasteiger partial charge in [0, 0.05) is 6.42 Å². The lowest BCUT2D eigenvalue weighted by atomic mass is 10.1. The number of aldehydes is 1. The van der Waals surface area contributed by atoms with Crippen molar-refractivity contribution in [3.05, 3.63) is 37.0 Å². The van der Waals surface area contributed by atoms with Crippen molar-refractivity contribution in [3.63, 3.8) is 0 Å². The standard InChI is InChI=1S/C14H22O/c1-2-3-4-5-6-7-8-9-10-11-12-13-14-15/h2-6,14H,1,7-13H2/b4-3-,6-5+. The molecule has 1 nitrogen and oxygen atoms in total. The van der Waals surface area contributed by atoms with Crippen LogP contribution in [0.4, 0.5) is 0 Å². The van der Waals surface area contributed by atoms with Crippen LogP contribution in [0.3, 0.4) is 0 Å². The zero-order chi connectivity index (χ0) is 11.2. The summed E-state index contributed by atoms with van der Waals surface area (Å²) >= 11 is 0. The summed E-state index contributed by atoms with van der Waals surface area (Å²) in [5.41, 5.74) is 0. The van der Waals surface area contributed by atoms with E-state index in [9.17, 15) is 4.79 Å². The van der Waals surface area contributed by atoms with Gasteiger partial charge in [-0.05, 0) is 19.3 Å². The molecule has 0 atom stereocenters. The number of hydrogen-bond donors (Lipinski definition) is 0. The lowest BCUT2D eigenvalue weighted by molar-refractivity contribution is -0.107. The van der Waals surface area contributed by atoms with Gasteiger partial charge in [-0.3, -0.25) is 0 Å². The molecule has 0 fully saturated rings. The molecule has 15 heavy (non-hydrogen) atoms. The highest BCUT2D eigenvalue weighted by Crippen LogP contribution is 2.06. The van der Waals surface area contributed by atoms with Gasteiger partial charge in [-0.15, -0.1) is 0 Å². The van der Waals surface area contributed by atoms with Gasteiger partial charge in [0.25, 0.3) is 0 Å². The van der Waals surface area contributed by atoms with E-state index in [1.807, 2.05) is 12.2 Å². The normalized spacial score (nSPS) is 11.2. The predicted molar refractivity (Wildman–Crippen MR) is 66.9 cm³/mol. The molecular weight excluding hydrogens is 184 g/mol. The maximum absolute atomic E-state index is 10.0. The highest BCUT2D eigenvalue weighted by atomic mass is 16.1. The lowest BCUT2D eigenvalue weighted by Gasteiger charge is -1.96. The van der Waals surface area contributed by atoms with Crippen LogP contribution in [0.15, 0.2) is 37.0 Å². The molecule has 0 aliphatic rings. The lowest BCUT2D eigenvalue weighted by Crippen LogP contribution is -1.79. The molecule has 0 aromatic heterocycles. The summed E-state index contributed by atoms with van der Waals surface area (Å²) in [5.74, 6) is 0. The van der Waals surface area contributed by atoms with E-state index in [1.165, 1.54) is 25.7 Å². The van der Waals surface area contributed by atoms with Crippen molar-refractivity contribution in [2.24, 2.45) is 0 Å². The average molecular weight is 206 g/mol. The van der Waals surface area contributed by atoms with Crippen LogP contribution in [0.25, 0.3) is 0 Å². The molecule has 0 radical (unpaired) electrons. The van der Waals surface area contributed by atoms with Gasteiger partial charge in [-0.2, -0.15) is 0 Å². The summed E-state index contributed by atoms with van der Waals surface area (Å²) in [4.78, 5) is 10.0. The van der Waals surface area contributed by atoms with Gasteiger partial charge in [0.15, 0.2) is 0 Å². The Kier molecular flexibility index (Phi) is 11.9. The topological polar surface area (TPSA) is 17.1 Å². The molecule has 0 rings (SSSR count). The fraction of sp³-hybridized carbons (Fsp3) is 0.500. The van der Waals surface area contributed by atoms with E-state index in [4.69, 9.17) is 0 Å². The summed E-state index contributed by atoms with van der Waals surface area (Å²) in [6, 6.07) is 0. The highest BCUT2D eigenvalue weighted by molar-refractivity contribution is 5.48. The third kappa shape index (κ3) is 12.9. The number of unbranched alkanes of at least 4 members (excludes halogenated alkanes) is 6. The van der Waals surface area contributed by atoms with Crippen LogP contribution in [0.2, 0.25) is 0 Å². The van der Waals surface area contributed by atoms with E-state index >= 15 is 0 Å². The minimum absolute atomic E-state index is 0.728. The monoisotopic (exact) mass is 206 g/mol. The maximum atomic E-state index is 10.0. The van der Waals surface area contributed by atoms with Crippen molar-refractivity contribution in [2.45, 2.75) is 44.9 Å². The van der Waals surface area contributed by atoms with E-state index in [0.717, 1.165) is 25.5 Å². The summed E-state index contributed by atoms with van der Waals surface area (Å²) in [6.07, 6.45) is 18.9. The summed E-state index contributed by atoms with van der Waals surface area (Å²) in [6.45, 7) is 3.60. The number of carbonyl (C=O) groups excluding carboxylic acids is 1. The van der Waals surface area contributed by atoms with Crippen LogP contribution < -0.4 is 0 Å². The SMILES string of the molecule is C=C/C=C\C=C\CCCCCCCC=O. The molecule has 84 valence electrons. The predicted octanol–water partition coefficient (Wildman–Crippen LogP) is 4.21. The summed E-state index contributed by atoms with van der Waals surface area (Å²) < 4.78 is 0. The van der Waals surface area contributed by atoms with Crippen LogP contribution in [0, 0.1) is 0 Å². The molecule has 0 saturated heterocycles. The molecule has 0 unspecified atom stereocenters. The zero-order valence-electron chi connectivity index (χ0n) is 9.53. The number of rotatable bonds is 10. The van der Waals surface area contributed by atoms with E-state index in [0.29, 0.717) is 0 Å². The molecular formula is C14H22O. The van der Waals surface area contributed by atoms with E-state index in [-0.39, 0.29) is 0 Å². The Bertz CT molecular complexity index is 201. The van der Waals surface area contributed by atoms with Crippen molar-refractivity contribution >= 4 is 6.29 Å². The number of hydrogen-bond acceptors (Lipinski definition) is 1. The number of carbonyl (C=O) groups is 1. The van der Waals surface area contributed by atoms with Gasteiger partial charge in [0.05, 0.1) is 0 Å². The van der Waals surface area contributed by atoms with Gasteiger partial charge >= 0.3 is 0 Å². The van der Waals surface area contributed by atoms with Crippen molar-refractivity contribution in [2.75, 3.05) is 0 Å². The first kappa shape index (κ1) is 13.9. The largest absolute Gasteiger partial charge is 0.303 e. The Hall–Kier alpha value is -1.11. The Morgan fingerprint density at radius 2 is 1.47 bits per heavy atom. The zero-order valence-corrected chi connectivity index (χ0v) is 9.53. The summed E-state index contributed by atoms with van der Waals surface area (Å²) in [5, 5.41) is 0. The van der Waals surface area contributed by atoms with Crippen molar-refractivity contribution < 1.29 is 4.79 Å². The van der Waals surface area contributed by atoms with E-state index in [1.54, 1.807) is 6.08 Å². The van der Waals surface area contributed by atoms with Gasteiger partial charge in [0.1, 0.15) is 6.29 Å². The highest BCUT2D eigenvalue weighted by Gasteiger charge is 1.88. The third-order valence-corrected chi connectivity index (χ3v) is 2.19. The first-order chi connectivity index (χ1) is 7.41. The summed E-state index contributed by atoms with van der Waals surface area (Å²) in [7, 11) is 0. The Morgan fingerprint density at radius 3 is 2.13 bits per heavy atom. The van der Waals surface area contributed by atoms with Crippen LogP contribution in [0.5, 0.6) is 0 Å². The third-order valence-electron chi connectivity index (χ3n) is 2.19. The van der Waals surface area contributed by atoms with Gasteiger partial charge < -0.3 is 4.79 Å². The van der Waals surface area contributed by atoms with Crippen molar-refractivity contribution in [1.82, 2.24) is 0 Å². The number of allylic oxidation sites excluding steroid dienone is 5. The Balaban J connectivity index is 3.10. The second-order valence-corrected chi connectivity index (χ2v) is 3.56. The molecule has 1 heteroatoms. The van der Waals surface area contributed by atoms with Crippen LogP contribution in [0.1, 0.15) is 44.9 Å². The quantitative estimate of drug-likeness (QED) is 0.297. The van der Waals surface area contributed by atoms with Crippen LogP contribution >= 0.6 is 0 Å². The molecule has 0 aliphatic carbocycles. The molecule has 0 bridgehead atoms. The molecule has 0 heterocycles. The molecule has 0 aromatic rings. The molecule has 0 spiro atoms.